The molecule has 1 atom stereocenters. The highest BCUT2D eigenvalue weighted by atomic mass is 16.4. The first kappa shape index (κ1) is 13.8. The second-order valence-electron chi connectivity index (χ2n) is 4.61. The third-order valence-corrected chi connectivity index (χ3v) is 3.30. The Labute approximate surface area is 102 Å². The maximum Gasteiger partial charge on any atom is 0.323 e. The van der Waals surface area contributed by atoms with E-state index < -0.39 is 5.97 Å². The van der Waals surface area contributed by atoms with Crippen molar-refractivity contribution in [1.82, 2.24) is 9.80 Å². The largest absolute Gasteiger partial charge is 0.480 e. The molecule has 98 valence electrons. The summed E-state index contributed by atoms with van der Waals surface area (Å²) in [7, 11) is 0. The van der Waals surface area contributed by atoms with Crippen molar-refractivity contribution in [3.8, 4) is 0 Å². The van der Waals surface area contributed by atoms with Gasteiger partial charge in [0.15, 0.2) is 0 Å². The van der Waals surface area contributed by atoms with E-state index in [1.165, 1.54) is 4.90 Å². The van der Waals surface area contributed by atoms with Gasteiger partial charge < -0.3 is 14.9 Å². The van der Waals surface area contributed by atoms with E-state index in [2.05, 4.69) is 0 Å². The molecule has 0 saturated carbocycles. The number of rotatable bonds is 4. The predicted octanol–water partition coefficient (Wildman–Crippen LogP) is 1.78. The zero-order chi connectivity index (χ0) is 12.8. The van der Waals surface area contributed by atoms with Crippen LogP contribution in [0.25, 0.3) is 0 Å². The van der Waals surface area contributed by atoms with Crippen molar-refractivity contribution in [2.45, 2.75) is 45.6 Å². The molecule has 0 aromatic carbocycles. The minimum Gasteiger partial charge on any atom is -0.480 e. The van der Waals surface area contributed by atoms with Crippen LogP contribution in [0, 0.1) is 0 Å². The Hall–Kier alpha value is -1.26. The lowest BCUT2D eigenvalue weighted by Gasteiger charge is -2.35. The van der Waals surface area contributed by atoms with Gasteiger partial charge in [0.05, 0.1) is 0 Å². The lowest BCUT2D eigenvalue weighted by Crippen LogP contribution is -2.50. The van der Waals surface area contributed by atoms with Crippen LogP contribution in [0.3, 0.4) is 0 Å². The summed E-state index contributed by atoms with van der Waals surface area (Å²) in [4.78, 5) is 26.3. The lowest BCUT2D eigenvalue weighted by atomic mass is 10.1. The molecule has 1 aliphatic heterocycles. The number of carbonyl (C=O) groups excluding carboxylic acids is 1. The van der Waals surface area contributed by atoms with E-state index in [9.17, 15) is 9.59 Å². The van der Waals surface area contributed by atoms with E-state index in [-0.39, 0.29) is 18.6 Å². The molecule has 0 aromatic rings. The number of hydrogen-bond acceptors (Lipinski definition) is 2. The number of hydrogen-bond donors (Lipinski definition) is 1. The third-order valence-electron chi connectivity index (χ3n) is 3.30. The fourth-order valence-electron chi connectivity index (χ4n) is 2.04. The maximum absolute atomic E-state index is 12.2. The summed E-state index contributed by atoms with van der Waals surface area (Å²) in [5.41, 5.74) is 0. The van der Waals surface area contributed by atoms with Gasteiger partial charge in [-0.2, -0.15) is 0 Å². The SMILES string of the molecule is CCC(C)N(CC(=O)O)C(=O)N1CCCCC1. The summed E-state index contributed by atoms with van der Waals surface area (Å²) in [6.45, 7) is 5.16. The molecule has 1 rings (SSSR count). The van der Waals surface area contributed by atoms with E-state index in [1.54, 1.807) is 4.90 Å². The van der Waals surface area contributed by atoms with Gasteiger partial charge in [-0.1, -0.05) is 6.92 Å². The number of piperidine rings is 1. The number of aliphatic carboxylic acids is 1. The summed E-state index contributed by atoms with van der Waals surface area (Å²) in [5.74, 6) is -0.948. The Balaban J connectivity index is 2.66. The second-order valence-corrected chi connectivity index (χ2v) is 4.61. The molecule has 2 amide bonds. The van der Waals surface area contributed by atoms with E-state index in [1.807, 2.05) is 13.8 Å². The van der Waals surface area contributed by atoms with Crippen LogP contribution in [-0.2, 0) is 4.79 Å². The van der Waals surface area contributed by atoms with Gasteiger partial charge in [0, 0.05) is 19.1 Å². The summed E-state index contributed by atoms with van der Waals surface area (Å²) < 4.78 is 0. The highest BCUT2D eigenvalue weighted by Crippen LogP contribution is 2.14. The Morgan fingerprint density at radius 2 is 1.88 bits per heavy atom. The van der Waals surface area contributed by atoms with Crippen LogP contribution in [0.4, 0.5) is 4.79 Å². The van der Waals surface area contributed by atoms with Crippen LogP contribution >= 0.6 is 0 Å². The van der Waals surface area contributed by atoms with Gasteiger partial charge >= 0.3 is 12.0 Å². The van der Waals surface area contributed by atoms with Crippen molar-refractivity contribution in [3.05, 3.63) is 0 Å². The summed E-state index contributed by atoms with van der Waals surface area (Å²) in [6, 6.07) is -0.151. The molecule has 0 radical (unpaired) electrons. The summed E-state index contributed by atoms with van der Waals surface area (Å²) in [6.07, 6.45) is 3.97. The zero-order valence-corrected chi connectivity index (χ0v) is 10.7. The molecule has 0 bridgehead atoms. The van der Waals surface area contributed by atoms with Crippen molar-refractivity contribution >= 4 is 12.0 Å². The smallest absolute Gasteiger partial charge is 0.323 e. The Morgan fingerprint density at radius 1 is 1.29 bits per heavy atom. The quantitative estimate of drug-likeness (QED) is 0.817. The first-order chi connectivity index (χ1) is 8.06. The molecule has 1 fully saturated rings. The molecule has 5 nitrogen and oxygen atoms in total. The minimum atomic E-state index is -0.948. The molecule has 17 heavy (non-hydrogen) atoms. The van der Waals surface area contributed by atoms with Gasteiger partial charge in [-0.25, -0.2) is 4.79 Å². The van der Waals surface area contributed by atoms with E-state index >= 15 is 0 Å². The van der Waals surface area contributed by atoms with Crippen molar-refractivity contribution < 1.29 is 14.7 Å². The average molecular weight is 242 g/mol. The molecular weight excluding hydrogens is 220 g/mol. The number of nitrogens with zero attached hydrogens (tertiary/aromatic N) is 2. The van der Waals surface area contributed by atoms with Crippen molar-refractivity contribution in [2.75, 3.05) is 19.6 Å². The van der Waals surface area contributed by atoms with Crippen LogP contribution in [0.15, 0.2) is 0 Å². The fraction of sp³-hybridized carbons (Fsp3) is 0.833. The number of carbonyl (C=O) groups is 2. The highest BCUT2D eigenvalue weighted by molar-refractivity contribution is 5.80. The van der Waals surface area contributed by atoms with Crippen LogP contribution < -0.4 is 0 Å². The van der Waals surface area contributed by atoms with Gasteiger partial charge in [-0.15, -0.1) is 0 Å². The molecule has 5 heteroatoms. The molecule has 0 spiro atoms. The number of carboxylic acids is 1. The molecule has 1 N–H and O–H groups in total. The van der Waals surface area contributed by atoms with Crippen molar-refractivity contribution in [2.24, 2.45) is 0 Å². The van der Waals surface area contributed by atoms with E-state index in [0.29, 0.717) is 0 Å². The lowest BCUT2D eigenvalue weighted by molar-refractivity contribution is -0.138. The van der Waals surface area contributed by atoms with Crippen molar-refractivity contribution in [1.29, 1.82) is 0 Å². The highest BCUT2D eigenvalue weighted by Gasteiger charge is 2.26. The van der Waals surface area contributed by atoms with Crippen LogP contribution in [0.5, 0.6) is 0 Å². The number of carboxylic acid groups (broad SMARTS) is 1. The number of amides is 2. The van der Waals surface area contributed by atoms with Crippen LogP contribution in [0.1, 0.15) is 39.5 Å². The molecular formula is C12H22N2O3. The standard InChI is InChI=1S/C12H22N2O3/c1-3-10(2)14(9-11(15)16)12(17)13-7-5-4-6-8-13/h10H,3-9H2,1-2H3,(H,15,16). The average Bonchev–Trinajstić information content (AvgIpc) is 2.35. The molecule has 1 aliphatic rings. The van der Waals surface area contributed by atoms with Crippen molar-refractivity contribution in [3.63, 3.8) is 0 Å². The normalized spacial score (nSPS) is 17.6. The number of likely N-dealkylation sites (tertiary alicyclic amines) is 1. The first-order valence-corrected chi connectivity index (χ1v) is 6.33. The Morgan fingerprint density at radius 3 is 2.35 bits per heavy atom. The summed E-state index contributed by atoms with van der Waals surface area (Å²) >= 11 is 0. The fourth-order valence-corrected chi connectivity index (χ4v) is 2.04. The molecule has 0 aromatic heterocycles. The van der Waals surface area contributed by atoms with Gasteiger partial charge in [0.25, 0.3) is 0 Å². The van der Waals surface area contributed by atoms with E-state index in [4.69, 9.17) is 5.11 Å². The Kier molecular flexibility index (Phi) is 5.25. The molecule has 1 heterocycles. The summed E-state index contributed by atoms with van der Waals surface area (Å²) in [5, 5.41) is 8.86. The molecule has 0 aliphatic carbocycles. The molecule has 1 unspecified atom stereocenters. The second kappa shape index (κ2) is 6.47. The first-order valence-electron chi connectivity index (χ1n) is 6.33. The van der Waals surface area contributed by atoms with Crippen LogP contribution in [0.2, 0.25) is 0 Å². The van der Waals surface area contributed by atoms with E-state index in [0.717, 1.165) is 38.8 Å². The number of urea groups is 1. The van der Waals surface area contributed by atoms with Gasteiger partial charge in [-0.3, -0.25) is 4.79 Å². The monoisotopic (exact) mass is 242 g/mol. The zero-order valence-electron chi connectivity index (χ0n) is 10.7. The maximum atomic E-state index is 12.2. The third kappa shape index (κ3) is 3.91. The van der Waals surface area contributed by atoms with Gasteiger partial charge in [-0.05, 0) is 32.6 Å². The molecule has 1 saturated heterocycles. The van der Waals surface area contributed by atoms with Gasteiger partial charge in [0.1, 0.15) is 6.54 Å². The topological polar surface area (TPSA) is 60.9 Å². The van der Waals surface area contributed by atoms with Gasteiger partial charge in [0.2, 0.25) is 0 Å². The minimum absolute atomic E-state index is 0.0273. The Bertz CT molecular complexity index is 275. The van der Waals surface area contributed by atoms with Crippen LogP contribution in [-0.4, -0.2) is 52.6 Å². The predicted molar refractivity (Wildman–Crippen MR) is 64.9 cm³/mol.